The smallest absolute Gasteiger partial charge is 0.137 e. The van der Waals surface area contributed by atoms with E-state index in [0.29, 0.717) is 0 Å². The highest BCUT2D eigenvalue weighted by molar-refractivity contribution is 6.21. The second kappa shape index (κ2) is 3.54. The average molecular weight is 198 g/mol. The molecule has 0 bridgehead atoms. The first kappa shape index (κ1) is 8.82. The van der Waals surface area contributed by atoms with Gasteiger partial charge in [-0.2, -0.15) is 0 Å². The number of alkyl halides is 1. The molecule has 1 aromatic heterocycles. The van der Waals surface area contributed by atoms with Gasteiger partial charge in [0.1, 0.15) is 5.75 Å². The SMILES string of the molecule is COc1cnc2c(c1)C(Cl)CCC2. The maximum Gasteiger partial charge on any atom is 0.137 e. The van der Waals surface area contributed by atoms with Crippen LogP contribution in [0.25, 0.3) is 0 Å². The maximum atomic E-state index is 6.18. The zero-order chi connectivity index (χ0) is 9.26. The van der Waals surface area contributed by atoms with E-state index in [1.165, 1.54) is 0 Å². The number of hydrogen-bond acceptors (Lipinski definition) is 2. The van der Waals surface area contributed by atoms with Gasteiger partial charge >= 0.3 is 0 Å². The summed E-state index contributed by atoms with van der Waals surface area (Å²) in [7, 11) is 1.65. The molecule has 0 fully saturated rings. The van der Waals surface area contributed by atoms with Crippen LogP contribution in [-0.4, -0.2) is 12.1 Å². The fourth-order valence-electron chi connectivity index (χ4n) is 1.69. The summed E-state index contributed by atoms with van der Waals surface area (Å²) in [5.41, 5.74) is 2.28. The van der Waals surface area contributed by atoms with Gasteiger partial charge in [-0.3, -0.25) is 4.98 Å². The molecule has 1 aliphatic rings. The molecule has 0 saturated heterocycles. The van der Waals surface area contributed by atoms with E-state index >= 15 is 0 Å². The maximum absolute atomic E-state index is 6.18. The van der Waals surface area contributed by atoms with Crippen molar-refractivity contribution in [2.45, 2.75) is 24.6 Å². The Morgan fingerprint density at radius 1 is 1.62 bits per heavy atom. The lowest BCUT2D eigenvalue weighted by Gasteiger charge is -2.19. The first-order valence-corrected chi connectivity index (χ1v) is 4.92. The van der Waals surface area contributed by atoms with Gasteiger partial charge in [0.2, 0.25) is 0 Å². The lowest BCUT2D eigenvalue weighted by molar-refractivity contribution is 0.411. The van der Waals surface area contributed by atoms with Crippen molar-refractivity contribution in [2.24, 2.45) is 0 Å². The van der Waals surface area contributed by atoms with Crippen LogP contribution >= 0.6 is 11.6 Å². The van der Waals surface area contributed by atoms with E-state index in [1.807, 2.05) is 6.07 Å². The Hall–Kier alpha value is -0.760. The predicted molar refractivity (Wildman–Crippen MR) is 52.3 cm³/mol. The third kappa shape index (κ3) is 1.63. The second-order valence-electron chi connectivity index (χ2n) is 3.27. The minimum Gasteiger partial charge on any atom is -0.495 e. The quantitative estimate of drug-likeness (QED) is 0.646. The minimum absolute atomic E-state index is 0.117. The molecule has 2 nitrogen and oxygen atoms in total. The zero-order valence-corrected chi connectivity index (χ0v) is 8.34. The number of methoxy groups -OCH3 is 1. The topological polar surface area (TPSA) is 22.1 Å². The van der Waals surface area contributed by atoms with Gasteiger partial charge < -0.3 is 4.74 Å². The van der Waals surface area contributed by atoms with Crippen molar-refractivity contribution in [1.29, 1.82) is 0 Å². The summed E-state index contributed by atoms with van der Waals surface area (Å²) in [6.45, 7) is 0. The first-order chi connectivity index (χ1) is 6.31. The number of halogens is 1. The molecular formula is C10H12ClNO. The van der Waals surface area contributed by atoms with E-state index in [2.05, 4.69) is 4.98 Å². The largest absolute Gasteiger partial charge is 0.495 e. The molecule has 0 spiro atoms. The summed E-state index contributed by atoms with van der Waals surface area (Å²) >= 11 is 6.18. The highest BCUT2D eigenvalue weighted by Crippen LogP contribution is 2.34. The molecular weight excluding hydrogens is 186 g/mol. The number of rotatable bonds is 1. The highest BCUT2D eigenvalue weighted by Gasteiger charge is 2.19. The van der Waals surface area contributed by atoms with E-state index < -0.39 is 0 Å². The Labute approximate surface area is 82.9 Å². The predicted octanol–water partition coefficient (Wildman–Crippen LogP) is 2.71. The number of fused-ring (bicyclic) bond motifs is 1. The molecule has 70 valence electrons. The molecule has 0 aliphatic heterocycles. The average Bonchev–Trinajstić information content (AvgIpc) is 2.18. The summed E-state index contributed by atoms with van der Waals surface area (Å²) in [6.07, 6.45) is 4.99. The van der Waals surface area contributed by atoms with Gasteiger partial charge in [0, 0.05) is 5.69 Å². The molecule has 1 aromatic rings. The van der Waals surface area contributed by atoms with Crippen molar-refractivity contribution >= 4 is 11.6 Å². The molecule has 0 N–H and O–H groups in total. The number of hydrogen-bond donors (Lipinski definition) is 0. The minimum atomic E-state index is 0.117. The first-order valence-electron chi connectivity index (χ1n) is 4.48. The Kier molecular flexibility index (Phi) is 2.40. The Morgan fingerprint density at radius 3 is 3.23 bits per heavy atom. The van der Waals surface area contributed by atoms with Gasteiger partial charge in [-0.1, -0.05) is 0 Å². The normalized spacial score (nSPS) is 20.9. The van der Waals surface area contributed by atoms with Gasteiger partial charge in [-0.25, -0.2) is 0 Å². The van der Waals surface area contributed by atoms with Gasteiger partial charge in [0.25, 0.3) is 0 Å². The summed E-state index contributed by atoms with van der Waals surface area (Å²) in [5, 5.41) is 0.117. The van der Waals surface area contributed by atoms with Crippen molar-refractivity contribution in [3.8, 4) is 5.75 Å². The van der Waals surface area contributed by atoms with Crippen LogP contribution < -0.4 is 4.74 Å². The molecule has 1 unspecified atom stereocenters. The molecule has 0 saturated carbocycles. The fraction of sp³-hybridized carbons (Fsp3) is 0.500. The summed E-state index contributed by atoms with van der Waals surface area (Å²) in [4.78, 5) is 4.33. The van der Waals surface area contributed by atoms with Crippen molar-refractivity contribution in [3.05, 3.63) is 23.5 Å². The third-order valence-corrected chi connectivity index (χ3v) is 2.88. The van der Waals surface area contributed by atoms with Crippen LogP contribution in [0, 0.1) is 0 Å². The molecule has 2 rings (SSSR count). The Morgan fingerprint density at radius 2 is 2.46 bits per heavy atom. The number of ether oxygens (including phenoxy) is 1. The molecule has 1 atom stereocenters. The molecule has 13 heavy (non-hydrogen) atoms. The van der Waals surface area contributed by atoms with Crippen LogP contribution in [0.5, 0.6) is 5.75 Å². The molecule has 1 aliphatic carbocycles. The van der Waals surface area contributed by atoms with Crippen LogP contribution in [0.1, 0.15) is 29.5 Å². The van der Waals surface area contributed by atoms with Gasteiger partial charge in [0.05, 0.1) is 18.7 Å². The number of pyridine rings is 1. The van der Waals surface area contributed by atoms with Crippen molar-refractivity contribution in [3.63, 3.8) is 0 Å². The summed E-state index contributed by atoms with van der Waals surface area (Å²) in [6, 6.07) is 2.00. The monoisotopic (exact) mass is 197 g/mol. The lowest BCUT2D eigenvalue weighted by Crippen LogP contribution is -2.07. The van der Waals surface area contributed by atoms with Crippen molar-refractivity contribution < 1.29 is 4.74 Å². The molecule has 0 radical (unpaired) electrons. The Bertz CT molecular complexity index is 314. The second-order valence-corrected chi connectivity index (χ2v) is 3.80. The van der Waals surface area contributed by atoms with E-state index in [9.17, 15) is 0 Å². The van der Waals surface area contributed by atoms with Crippen LogP contribution in [0.15, 0.2) is 12.3 Å². The third-order valence-electron chi connectivity index (χ3n) is 2.42. The standard InChI is InChI=1S/C10H12ClNO/c1-13-7-5-8-9(11)3-2-4-10(8)12-6-7/h5-6,9H,2-4H2,1H3. The molecule has 3 heteroatoms. The van der Waals surface area contributed by atoms with Gasteiger partial charge in [0.15, 0.2) is 0 Å². The molecule has 0 aromatic carbocycles. The van der Waals surface area contributed by atoms with E-state index in [1.54, 1.807) is 13.3 Å². The number of aromatic nitrogens is 1. The van der Waals surface area contributed by atoms with Crippen molar-refractivity contribution in [2.75, 3.05) is 7.11 Å². The van der Waals surface area contributed by atoms with E-state index in [4.69, 9.17) is 16.3 Å². The number of aryl methyl sites for hydroxylation is 1. The fourth-order valence-corrected chi connectivity index (χ4v) is 2.03. The van der Waals surface area contributed by atoms with Gasteiger partial charge in [-0.05, 0) is 30.9 Å². The highest BCUT2D eigenvalue weighted by atomic mass is 35.5. The van der Waals surface area contributed by atoms with Crippen molar-refractivity contribution in [1.82, 2.24) is 4.98 Å². The molecule has 0 amide bonds. The van der Waals surface area contributed by atoms with Crippen LogP contribution in [-0.2, 0) is 6.42 Å². The summed E-state index contributed by atoms with van der Waals surface area (Å²) in [5.74, 6) is 0.798. The van der Waals surface area contributed by atoms with Crippen LogP contribution in [0.4, 0.5) is 0 Å². The Balaban J connectivity index is 2.41. The van der Waals surface area contributed by atoms with Crippen LogP contribution in [0.3, 0.4) is 0 Å². The van der Waals surface area contributed by atoms with E-state index in [-0.39, 0.29) is 5.38 Å². The zero-order valence-electron chi connectivity index (χ0n) is 7.59. The summed E-state index contributed by atoms with van der Waals surface area (Å²) < 4.78 is 5.11. The lowest BCUT2D eigenvalue weighted by atomic mass is 9.96. The van der Waals surface area contributed by atoms with Crippen LogP contribution in [0.2, 0.25) is 0 Å². The molecule has 1 heterocycles. The van der Waals surface area contributed by atoms with E-state index in [0.717, 1.165) is 36.3 Å². The van der Waals surface area contributed by atoms with Gasteiger partial charge in [-0.15, -0.1) is 11.6 Å². The number of nitrogens with zero attached hydrogens (tertiary/aromatic N) is 1.